The number of hydrogen-bond donors (Lipinski definition) is 1. The Morgan fingerprint density at radius 2 is 2.19 bits per heavy atom. The molecule has 1 aliphatic carbocycles. The summed E-state index contributed by atoms with van der Waals surface area (Å²) in [5, 5.41) is 3.85. The lowest BCUT2D eigenvalue weighted by Gasteiger charge is -2.09. The van der Waals surface area contributed by atoms with E-state index in [1.54, 1.807) is 6.20 Å². The van der Waals surface area contributed by atoms with Gasteiger partial charge in [-0.15, -0.1) is 0 Å². The van der Waals surface area contributed by atoms with Crippen LogP contribution >= 0.6 is 11.6 Å². The maximum atomic E-state index is 5.94. The molecule has 0 atom stereocenters. The fourth-order valence-corrected chi connectivity index (χ4v) is 2.51. The number of nitrogens with zero attached hydrogens (tertiary/aromatic N) is 2. The van der Waals surface area contributed by atoms with Gasteiger partial charge in [0.2, 0.25) is 0 Å². The van der Waals surface area contributed by atoms with Crippen molar-refractivity contribution < 1.29 is 0 Å². The van der Waals surface area contributed by atoms with Crippen molar-refractivity contribution in [2.45, 2.75) is 38.5 Å². The lowest BCUT2D eigenvalue weighted by Crippen LogP contribution is -2.06. The van der Waals surface area contributed by atoms with Crippen LogP contribution in [-0.4, -0.2) is 16.5 Å². The van der Waals surface area contributed by atoms with E-state index < -0.39 is 0 Å². The molecule has 1 N–H and O–H groups in total. The summed E-state index contributed by atoms with van der Waals surface area (Å²) < 4.78 is 0. The normalized spacial score (nSPS) is 16.6. The second-order valence-electron chi connectivity index (χ2n) is 4.44. The van der Waals surface area contributed by atoms with Gasteiger partial charge in [-0.2, -0.15) is 0 Å². The topological polar surface area (TPSA) is 37.8 Å². The first-order valence-electron chi connectivity index (χ1n) is 6.05. The van der Waals surface area contributed by atoms with Crippen molar-refractivity contribution in [2.75, 3.05) is 11.9 Å². The average molecular weight is 240 g/mol. The zero-order chi connectivity index (χ0) is 11.2. The van der Waals surface area contributed by atoms with Crippen LogP contribution in [0.1, 0.15) is 38.5 Å². The van der Waals surface area contributed by atoms with Gasteiger partial charge in [0.1, 0.15) is 17.2 Å². The third-order valence-electron chi connectivity index (χ3n) is 3.22. The first-order valence-corrected chi connectivity index (χ1v) is 6.43. The molecular formula is C12H18ClN3. The van der Waals surface area contributed by atoms with Gasteiger partial charge in [-0.25, -0.2) is 9.97 Å². The highest BCUT2D eigenvalue weighted by atomic mass is 35.5. The molecule has 0 saturated heterocycles. The summed E-state index contributed by atoms with van der Waals surface area (Å²) in [5.74, 6) is 1.71. The molecule has 3 nitrogen and oxygen atoms in total. The van der Waals surface area contributed by atoms with Crippen molar-refractivity contribution in [1.29, 1.82) is 0 Å². The summed E-state index contributed by atoms with van der Waals surface area (Å²) >= 11 is 5.94. The Morgan fingerprint density at radius 3 is 2.94 bits per heavy atom. The molecule has 0 aromatic carbocycles. The first-order chi connectivity index (χ1) is 7.86. The predicted octanol–water partition coefficient (Wildman–Crippen LogP) is 3.51. The van der Waals surface area contributed by atoms with Crippen molar-refractivity contribution in [3.63, 3.8) is 0 Å². The minimum absolute atomic E-state index is 0.600. The van der Waals surface area contributed by atoms with Gasteiger partial charge in [-0.05, 0) is 18.8 Å². The van der Waals surface area contributed by atoms with Gasteiger partial charge in [0.15, 0.2) is 0 Å². The smallest absolute Gasteiger partial charge is 0.148 e. The summed E-state index contributed by atoms with van der Waals surface area (Å²) in [7, 11) is 0. The van der Waals surface area contributed by atoms with E-state index in [1.807, 2.05) is 0 Å². The maximum Gasteiger partial charge on any atom is 0.148 e. The number of hydrogen-bond acceptors (Lipinski definition) is 3. The Morgan fingerprint density at radius 1 is 1.38 bits per heavy atom. The summed E-state index contributed by atoms with van der Waals surface area (Å²) in [4.78, 5) is 7.95. The number of rotatable bonds is 5. The quantitative estimate of drug-likeness (QED) is 0.799. The Labute approximate surface area is 102 Å². The van der Waals surface area contributed by atoms with E-state index in [9.17, 15) is 0 Å². The van der Waals surface area contributed by atoms with Crippen LogP contribution in [0, 0.1) is 5.92 Å². The standard InChI is InChI=1S/C12H18ClN3/c13-11-8-14-9-16-12(11)15-7-3-6-10-4-1-2-5-10/h8-10H,1-7H2,(H,14,15,16). The van der Waals surface area contributed by atoms with E-state index in [0.717, 1.165) is 18.3 Å². The third-order valence-corrected chi connectivity index (χ3v) is 3.50. The van der Waals surface area contributed by atoms with Gasteiger partial charge in [-0.3, -0.25) is 0 Å². The number of anilines is 1. The largest absolute Gasteiger partial charge is 0.369 e. The molecule has 1 saturated carbocycles. The van der Waals surface area contributed by atoms with E-state index in [4.69, 9.17) is 11.6 Å². The fraction of sp³-hybridized carbons (Fsp3) is 0.667. The Hall–Kier alpha value is -0.830. The molecule has 1 heterocycles. The lowest BCUT2D eigenvalue weighted by molar-refractivity contribution is 0.491. The molecule has 16 heavy (non-hydrogen) atoms. The molecule has 0 bridgehead atoms. The van der Waals surface area contributed by atoms with E-state index >= 15 is 0 Å². The Bertz CT molecular complexity index is 324. The highest BCUT2D eigenvalue weighted by molar-refractivity contribution is 6.32. The third kappa shape index (κ3) is 3.34. The van der Waals surface area contributed by atoms with Gasteiger partial charge >= 0.3 is 0 Å². The fourth-order valence-electron chi connectivity index (χ4n) is 2.34. The summed E-state index contributed by atoms with van der Waals surface area (Å²) in [6, 6.07) is 0. The van der Waals surface area contributed by atoms with E-state index in [0.29, 0.717) is 5.02 Å². The summed E-state index contributed by atoms with van der Waals surface area (Å²) in [6.45, 7) is 0.952. The van der Waals surface area contributed by atoms with Gasteiger partial charge < -0.3 is 5.32 Å². The molecule has 88 valence electrons. The molecule has 4 heteroatoms. The van der Waals surface area contributed by atoms with Gasteiger partial charge in [0.05, 0.1) is 6.20 Å². The number of aromatic nitrogens is 2. The van der Waals surface area contributed by atoms with Crippen LogP contribution in [0.15, 0.2) is 12.5 Å². The van der Waals surface area contributed by atoms with Crippen LogP contribution < -0.4 is 5.32 Å². The van der Waals surface area contributed by atoms with E-state index in [1.165, 1.54) is 44.9 Å². The minimum atomic E-state index is 0.600. The van der Waals surface area contributed by atoms with Crippen LogP contribution in [-0.2, 0) is 0 Å². The SMILES string of the molecule is Clc1cncnc1NCCCC1CCCC1. The van der Waals surface area contributed by atoms with Crippen LogP contribution in [0.25, 0.3) is 0 Å². The maximum absolute atomic E-state index is 5.94. The molecule has 1 aliphatic rings. The summed E-state index contributed by atoms with van der Waals surface area (Å²) in [6.07, 6.45) is 11.4. The van der Waals surface area contributed by atoms with Gasteiger partial charge in [-0.1, -0.05) is 37.3 Å². The van der Waals surface area contributed by atoms with Crippen molar-refractivity contribution >= 4 is 17.4 Å². The lowest BCUT2D eigenvalue weighted by atomic mass is 10.0. The number of nitrogens with one attached hydrogen (secondary N) is 1. The van der Waals surface area contributed by atoms with Crippen LogP contribution in [0.2, 0.25) is 5.02 Å². The Kier molecular flexibility index (Phi) is 4.40. The molecule has 0 amide bonds. The zero-order valence-electron chi connectivity index (χ0n) is 9.45. The van der Waals surface area contributed by atoms with E-state index in [-0.39, 0.29) is 0 Å². The van der Waals surface area contributed by atoms with Crippen molar-refractivity contribution in [3.8, 4) is 0 Å². The highest BCUT2D eigenvalue weighted by Gasteiger charge is 2.13. The molecule has 1 aromatic heterocycles. The molecule has 1 aromatic rings. The molecule has 0 radical (unpaired) electrons. The molecule has 2 rings (SSSR count). The van der Waals surface area contributed by atoms with Gasteiger partial charge in [0.25, 0.3) is 0 Å². The molecule has 0 unspecified atom stereocenters. The molecular weight excluding hydrogens is 222 g/mol. The second-order valence-corrected chi connectivity index (χ2v) is 4.85. The van der Waals surface area contributed by atoms with Crippen LogP contribution in [0.4, 0.5) is 5.82 Å². The monoisotopic (exact) mass is 239 g/mol. The minimum Gasteiger partial charge on any atom is -0.369 e. The average Bonchev–Trinajstić information content (AvgIpc) is 2.79. The molecule has 1 fully saturated rings. The predicted molar refractivity (Wildman–Crippen MR) is 66.7 cm³/mol. The summed E-state index contributed by atoms with van der Waals surface area (Å²) in [5.41, 5.74) is 0. The van der Waals surface area contributed by atoms with E-state index in [2.05, 4.69) is 15.3 Å². The van der Waals surface area contributed by atoms with Crippen molar-refractivity contribution in [3.05, 3.63) is 17.5 Å². The first kappa shape index (κ1) is 11.6. The van der Waals surface area contributed by atoms with Crippen LogP contribution in [0.5, 0.6) is 0 Å². The van der Waals surface area contributed by atoms with Crippen molar-refractivity contribution in [1.82, 2.24) is 9.97 Å². The van der Waals surface area contributed by atoms with Crippen LogP contribution in [0.3, 0.4) is 0 Å². The molecule has 0 spiro atoms. The second kappa shape index (κ2) is 6.04. The molecule has 0 aliphatic heterocycles. The number of halogens is 1. The highest BCUT2D eigenvalue weighted by Crippen LogP contribution is 2.28. The Balaban J connectivity index is 1.66. The van der Waals surface area contributed by atoms with Crippen molar-refractivity contribution in [2.24, 2.45) is 5.92 Å². The zero-order valence-corrected chi connectivity index (χ0v) is 10.2. The van der Waals surface area contributed by atoms with Gasteiger partial charge in [0, 0.05) is 6.54 Å².